The molecular formula is C42H36N2O7. The molecule has 1 aliphatic rings. The van der Waals surface area contributed by atoms with Crippen LogP contribution in [0.15, 0.2) is 137 Å². The minimum Gasteiger partial charge on any atom is -0.497 e. The molecule has 3 N–H and O–H groups in total. The van der Waals surface area contributed by atoms with Crippen LogP contribution in [0.25, 0.3) is 10.8 Å². The predicted molar refractivity (Wildman–Crippen MR) is 194 cm³/mol. The van der Waals surface area contributed by atoms with Crippen LogP contribution < -0.4 is 20.7 Å². The molecule has 9 nitrogen and oxygen atoms in total. The Bertz CT molecular complexity index is 2290. The third-order valence-electron chi connectivity index (χ3n) is 9.61. The predicted octanol–water partition coefficient (Wildman–Crippen LogP) is 5.15. The summed E-state index contributed by atoms with van der Waals surface area (Å²) in [5.41, 5.74) is 0.362. The summed E-state index contributed by atoms with van der Waals surface area (Å²) in [4.78, 5) is 28.5. The minimum absolute atomic E-state index is 0.0278. The summed E-state index contributed by atoms with van der Waals surface area (Å²) in [6.07, 6.45) is -3.41. The average molecular weight is 681 g/mol. The van der Waals surface area contributed by atoms with Crippen LogP contribution in [0.1, 0.15) is 40.5 Å². The van der Waals surface area contributed by atoms with Gasteiger partial charge in [-0.2, -0.15) is 0 Å². The maximum absolute atomic E-state index is 13.2. The topological polar surface area (TPSA) is 123 Å². The highest BCUT2D eigenvalue weighted by Crippen LogP contribution is 2.47. The van der Waals surface area contributed by atoms with Crippen molar-refractivity contribution in [3.63, 3.8) is 0 Å². The molecule has 2 heterocycles. The van der Waals surface area contributed by atoms with Crippen LogP contribution in [0.5, 0.6) is 11.5 Å². The number of benzene rings is 5. The number of aliphatic hydroxyl groups excluding tert-OH is 2. The van der Waals surface area contributed by atoms with E-state index in [1.54, 1.807) is 14.2 Å². The third-order valence-corrected chi connectivity index (χ3v) is 9.61. The first-order valence-corrected chi connectivity index (χ1v) is 16.5. The Morgan fingerprint density at radius 3 is 1.98 bits per heavy atom. The minimum atomic E-state index is -1.37. The molecule has 9 heteroatoms. The standard InChI is InChI=1S/C42H36N2O7/c1-49-33-21-17-31(18-22-33)42(30-12-4-3-5-13-30,32-19-23-34(50-2)24-20-32)39(46)38-36(45)25-37(51-38)44-26-29(40(47)43-41(44)48)16-15-28-11-8-10-27-9-6-7-14-35(27)28/h3-14,17-24,26,36-39,45-46H,25H2,1-2H3,(H,43,47,48)/t36-,37+,38-,39?/m0/s1. The van der Waals surface area contributed by atoms with E-state index in [1.165, 1.54) is 10.8 Å². The second-order valence-electron chi connectivity index (χ2n) is 12.4. The zero-order valence-electron chi connectivity index (χ0n) is 28.0. The van der Waals surface area contributed by atoms with E-state index in [1.807, 2.05) is 121 Å². The Hall–Kier alpha value is -5.92. The van der Waals surface area contributed by atoms with E-state index in [4.69, 9.17) is 14.2 Å². The van der Waals surface area contributed by atoms with Crippen LogP contribution in [-0.2, 0) is 10.2 Å². The van der Waals surface area contributed by atoms with Gasteiger partial charge >= 0.3 is 5.69 Å². The molecule has 0 spiro atoms. The summed E-state index contributed by atoms with van der Waals surface area (Å²) in [6.45, 7) is 0. The summed E-state index contributed by atoms with van der Waals surface area (Å²) in [5.74, 6) is 7.27. The Labute approximate surface area is 294 Å². The number of ether oxygens (including phenoxy) is 3. The Balaban J connectivity index is 1.30. The Kier molecular flexibility index (Phi) is 9.30. The van der Waals surface area contributed by atoms with Crippen molar-refractivity contribution in [1.82, 2.24) is 9.55 Å². The van der Waals surface area contributed by atoms with Gasteiger partial charge in [0.15, 0.2) is 0 Å². The van der Waals surface area contributed by atoms with Crippen LogP contribution >= 0.6 is 0 Å². The molecule has 1 aliphatic heterocycles. The first kappa shape index (κ1) is 33.6. The summed E-state index contributed by atoms with van der Waals surface area (Å²) in [5, 5.41) is 26.2. The van der Waals surface area contributed by atoms with E-state index >= 15 is 0 Å². The van der Waals surface area contributed by atoms with Gasteiger partial charge in [0.05, 0.1) is 25.7 Å². The van der Waals surface area contributed by atoms with Gasteiger partial charge in [0.2, 0.25) is 0 Å². The number of rotatable bonds is 8. The Morgan fingerprint density at radius 1 is 0.765 bits per heavy atom. The molecule has 51 heavy (non-hydrogen) atoms. The van der Waals surface area contributed by atoms with Crippen molar-refractivity contribution >= 4 is 10.8 Å². The summed E-state index contributed by atoms with van der Waals surface area (Å²) >= 11 is 0. The van der Waals surface area contributed by atoms with Gasteiger partial charge in [-0.05, 0) is 57.8 Å². The SMILES string of the molecule is COc1ccc(C(c2ccccc2)(c2ccc(OC)cc2)C(O)[C@H]2O[C@@H](n3cc(C#Cc4cccc5ccccc45)c(=O)[nH]c3=O)C[C@@H]2O)cc1. The molecule has 0 saturated carbocycles. The smallest absolute Gasteiger partial charge is 0.330 e. The van der Waals surface area contributed by atoms with Crippen molar-refractivity contribution in [3.05, 3.63) is 176 Å². The van der Waals surface area contributed by atoms with Crippen molar-refractivity contribution in [2.75, 3.05) is 14.2 Å². The highest BCUT2D eigenvalue weighted by Gasteiger charge is 2.52. The number of nitrogens with zero attached hydrogens (tertiary/aromatic N) is 1. The van der Waals surface area contributed by atoms with Gasteiger partial charge in [0.25, 0.3) is 5.56 Å². The van der Waals surface area contributed by atoms with Crippen molar-refractivity contribution in [2.24, 2.45) is 0 Å². The lowest BCUT2D eigenvalue weighted by atomic mass is 9.64. The number of fused-ring (bicyclic) bond motifs is 1. The summed E-state index contributed by atoms with van der Waals surface area (Å²) < 4.78 is 18.5. The largest absolute Gasteiger partial charge is 0.497 e. The maximum atomic E-state index is 13.2. The molecule has 5 aromatic carbocycles. The fraction of sp³-hybridized carbons (Fsp3) is 0.190. The molecule has 4 atom stereocenters. The zero-order valence-corrected chi connectivity index (χ0v) is 28.0. The zero-order chi connectivity index (χ0) is 35.5. The molecule has 7 rings (SSSR count). The van der Waals surface area contributed by atoms with Gasteiger partial charge in [-0.15, -0.1) is 0 Å². The number of nitrogens with one attached hydrogen (secondary N) is 1. The van der Waals surface area contributed by atoms with Gasteiger partial charge in [-0.3, -0.25) is 14.3 Å². The number of H-pyrrole nitrogens is 1. The van der Waals surface area contributed by atoms with Crippen molar-refractivity contribution in [1.29, 1.82) is 0 Å². The lowest BCUT2D eigenvalue weighted by Crippen LogP contribution is -2.51. The van der Waals surface area contributed by atoms with Crippen molar-refractivity contribution < 1.29 is 24.4 Å². The normalized spacial score (nSPS) is 17.8. The number of hydrogen-bond donors (Lipinski definition) is 3. The number of hydrogen-bond acceptors (Lipinski definition) is 7. The van der Waals surface area contributed by atoms with E-state index in [2.05, 4.69) is 16.8 Å². The number of aromatic nitrogens is 2. The van der Waals surface area contributed by atoms with E-state index in [0.717, 1.165) is 33.0 Å². The van der Waals surface area contributed by atoms with E-state index < -0.39 is 41.2 Å². The van der Waals surface area contributed by atoms with Crippen LogP contribution in [0.3, 0.4) is 0 Å². The lowest BCUT2D eigenvalue weighted by molar-refractivity contribution is -0.0976. The van der Waals surface area contributed by atoms with Gasteiger partial charge in [0.1, 0.15) is 35.5 Å². The van der Waals surface area contributed by atoms with Crippen LogP contribution in [0, 0.1) is 11.8 Å². The molecule has 1 aromatic heterocycles. The fourth-order valence-electron chi connectivity index (χ4n) is 7.06. The monoisotopic (exact) mass is 680 g/mol. The molecule has 0 bridgehead atoms. The highest BCUT2D eigenvalue weighted by atomic mass is 16.5. The molecule has 1 unspecified atom stereocenters. The third kappa shape index (κ3) is 6.21. The molecule has 1 fully saturated rings. The van der Waals surface area contributed by atoms with Crippen LogP contribution in [0.2, 0.25) is 0 Å². The first-order chi connectivity index (χ1) is 24.8. The molecule has 0 amide bonds. The van der Waals surface area contributed by atoms with Gasteiger partial charge < -0.3 is 24.4 Å². The molecule has 0 radical (unpaired) electrons. The van der Waals surface area contributed by atoms with Crippen molar-refractivity contribution in [2.45, 2.75) is 36.4 Å². The molecule has 1 saturated heterocycles. The van der Waals surface area contributed by atoms with Gasteiger partial charge in [-0.25, -0.2) is 4.79 Å². The molecule has 256 valence electrons. The van der Waals surface area contributed by atoms with Gasteiger partial charge in [0, 0.05) is 18.2 Å². The van der Waals surface area contributed by atoms with E-state index in [-0.39, 0.29) is 12.0 Å². The Morgan fingerprint density at radius 2 is 1.33 bits per heavy atom. The fourth-order valence-corrected chi connectivity index (χ4v) is 7.06. The molecule has 0 aliphatic carbocycles. The number of methoxy groups -OCH3 is 2. The summed E-state index contributed by atoms with van der Waals surface area (Å²) in [6, 6.07) is 37.8. The van der Waals surface area contributed by atoms with Crippen LogP contribution in [0.4, 0.5) is 0 Å². The summed E-state index contributed by atoms with van der Waals surface area (Å²) in [7, 11) is 3.17. The van der Waals surface area contributed by atoms with Crippen LogP contribution in [-0.4, -0.2) is 52.3 Å². The maximum Gasteiger partial charge on any atom is 0.330 e. The van der Waals surface area contributed by atoms with E-state index in [0.29, 0.717) is 11.5 Å². The van der Waals surface area contributed by atoms with E-state index in [9.17, 15) is 19.8 Å². The average Bonchev–Trinajstić information content (AvgIpc) is 3.56. The molecular weight excluding hydrogens is 644 g/mol. The quantitative estimate of drug-likeness (QED) is 0.150. The second-order valence-corrected chi connectivity index (χ2v) is 12.4. The molecule has 6 aromatic rings. The number of aliphatic hydroxyl groups is 2. The highest BCUT2D eigenvalue weighted by molar-refractivity contribution is 5.88. The van der Waals surface area contributed by atoms with Crippen molar-refractivity contribution in [3.8, 4) is 23.3 Å². The van der Waals surface area contributed by atoms with Gasteiger partial charge in [-0.1, -0.05) is 103 Å². The second kappa shape index (κ2) is 14.1. The number of aromatic amines is 1. The first-order valence-electron chi connectivity index (χ1n) is 16.5. The lowest BCUT2D eigenvalue weighted by Gasteiger charge is -2.43.